The van der Waals surface area contributed by atoms with Crippen LogP contribution in [0.5, 0.6) is 0 Å². The first-order valence-corrected chi connectivity index (χ1v) is 9.43. The fourth-order valence-corrected chi connectivity index (χ4v) is 3.42. The number of rotatable bonds is 6. The monoisotopic (exact) mass is 425 g/mol. The van der Waals surface area contributed by atoms with Gasteiger partial charge < -0.3 is 5.32 Å². The number of aryl methyl sites for hydroxylation is 2. The van der Waals surface area contributed by atoms with E-state index in [-0.39, 0.29) is 12.3 Å². The number of carbonyl (C=O) groups is 1. The van der Waals surface area contributed by atoms with Crippen molar-refractivity contribution >= 4 is 46.4 Å². The standard InChI is InChI=1S/C18H18Cl3N5O/c1-11-18(23-17(27)6-7-25-9-13(19)8-22-25)12(2)26(24-11)10-14-15(20)4-3-5-16(14)21/h3-5,8-9H,6-7,10H2,1-2H3,(H,23,27). The van der Waals surface area contributed by atoms with Crippen molar-refractivity contribution in [1.29, 1.82) is 0 Å². The topological polar surface area (TPSA) is 64.7 Å². The van der Waals surface area contributed by atoms with Gasteiger partial charge in [0.25, 0.3) is 0 Å². The van der Waals surface area contributed by atoms with Crippen LogP contribution < -0.4 is 5.32 Å². The van der Waals surface area contributed by atoms with Gasteiger partial charge in [-0.05, 0) is 26.0 Å². The molecule has 3 rings (SSSR count). The smallest absolute Gasteiger partial charge is 0.226 e. The second-order valence-electron chi connectivity index (χ2n) is 6.12. The van der Waals surface area contributed by atoms with Crippen molar-refractivity contribution in [3.8, 4) is 0 Å². The van der Waals surface area contributed by atoms with Crippen molar-refractivity contribution in [2.45, 2.75) is 33.4 Å². The number of halogens is 3. The Morgan fingerprint density at radius 2 is 1.89 bits per heavy atom. The van der Waals surface area contributed by atoms with E-state index in [1.165, 1.54) is 6.20 Å². The largest absolute Gasteiger partial charge is 0.323 e. The summed E-state index contributed by atoms with van der Waals surface area (Å²) in [4.78, 5) is 12.3. The number of amides is 1. The van der Waals surface area contributed by atoms with Crippen LogP contribution in [0.15, 0.2) is 30.6 Å². The summed E-state index contributed by atoms with van der Waals surface area (Å²) in [5.74, 6) is -0.122. The molecule has 0 bridgehead atoms. The van der Waals surface area contributed by atoms with E-state index in [0.29, 0.717) is 33.8 Å². The Bertz CT molecular complexity index is 959. The van der Waals surface area contributed by atoms with E-state index in [2.05, 4.69) is 15.5 Å². The first-order chi connectivity index (χ1) is 12.8. The Balaban J connectivity index is 1.70. The fraction of sp³-hybridized carbons (Fsp3) is 0.278. The zero-order valence-corrected chi connectivity index (χ0v) is 17.1. The van der Waals surface area contributed by atoms with Crippen LogP contribution in [-0.4, -0.2) is 25.5 Å². The zero-order chi connectivity index (χ0) is 19.6. The Morgan fingerprint density at radius 1 is 1.19 bits per heavy atom. The number of hydrogen-bond acceptors (Lipinski definition) is 3. The highest BCUT2D eigenvalue weighted by molar-refractivity contribution is 6.36. The predicted molar refractivity (Wildman–Crippen MR) is 108 cm³/mol. The second-order valence-corrected chi connectivity index (χ2v) is 7.37. The normalized spacial score (nSPS) is 11.0. The SMILES string of the molecule is Cc1nn(Cc2c(Cl)cccc2Cl)c(C)c1NC(=O)CCn1cc(Cl)cn1. The molecule has 1 aromatic carbocycles. The molecule has 27 heavy (non-hydrogen) atoms. The third kappa shape index (κ3) is 4.64. The van der Waals surface area contributed by atoms with Crippen molar-refractivity contribution in [2.24, 2.45) is 0 Å². The molecule has 3 aromatic rings. The highest BCUT2D eigenvalue weighted by Gasteiger charge is 2.16. The second kappa shape index (κ2) is 8.33. The predicted octanol–water partition coefficient (Wildman–Crippen LogP) is 4.73. The summed E-state index contributed by atoms with van der Waals surface area (Å²) in [6.45, 7) is 4.61. The molecule has 2 aromatic heterocycles. The third-order valence-electron chi connectivity index (χ3n) is 4.19. The van der Waals surface area contributed by atoms with Gasteiger partial charge in [0.1, 0.15) is 0 Å². The van der Waals surface area contributed by atoms with E-state index in [4.69, 9.17) is 34.8 Å². The maximum absolute atomic E-state index is 12.3. The molecule has 0 saturated heterocycles. The Kier molecular flexibility index (Phi) is 6.09. The zero-order valence-electron chi connectivity index (χ0n) is 14.8. The molecule has 0 aliphatic rings. The Labute approximate surface area is 172 Å². The summed E-state index contributed by atoms with van der Waals surface area (Å²) >= 11 is 18.3. The molecule has 0 aliphatic carbocycles. The minimum Gasteiger partial charge on any atom is -0.323 e. The van der Waals surface area contributed by atoms with Gasteiger partial charge in [-0.2, -0.15) is 10.2 Å². The van der Waals surface area contributed by atoms with Gasteiger partial charge in [0.15, 0.2) is 0 Å². The quantitative estimate of drug-likeness (QED) is 0.619. The highest BCUT2D eigenvalue weighted by atomic mass is 35.5. The maximum atomic E-state index is 12.3. The summed E-state index contributed by atoms with van der Waals surface area (Å²) in [5, 5.41) is 13.2. The van der Waals surface area contributed by atoms with Crippen molar-refractivity contribution < 1.29 is 4.79 Å². The molecule has 9 heteroatoms. The molecule has 6 nitrogen and oxygen atoms in total. The van der Waals surface area contributed by atoms with E-state index in [9.17, 15) is 4.79 Å². The van der Waals surface area contributed by atoms with E-state index in [1.54, 1.807) is 33.8 Å². The third-order valence-corrected chi connectivity index (χ3v) is 5.09. The van der Waals surface area contributed by atoms with E-state index in [1.807, 2.05) is 13.8 Å². The molecule has 2 heterocycles. The van der Waals surface area contributed by atoms with Crippen molar-refractivity contribution in [2.75, 3.05) is 5.32 Å². The minimum atomic E-state index is -0.122. The van der Waals surface area contributed by atoms with Crippen LogP contribution in [0.3, 0.4) is 0 Å². The average molecular weight is 427 g/mol. The number of anilines is 1. The number of nitrogens with one attached hydrogen (secondary N) is 1. The fourth-order valence-electron chi connectivity index (χ4n) is 2.74. The van der Waals surface area contributed by atoms with Crippen LogP contribution in [0.25, 0.3) is 0 Å². The van der Waals surface area contributed by atoms with Crippen LogP contribution in [0, 0.1) is 13.8 Å². The van der Waals surface area contributed by atoms with Crippen LogP contribution >= 0.6 is 34.8 Å². The van der Waals surface area contributed by atoms with Crippen molar-refractivity contribution in [1.82, 2.24) is 19.6 Å². The molecule has 1 N–H and O–H groups in total. The molecule has 1 amide bonds. The summed E-state index contributed by atoms with van der Waals surface area (Å²) in [7, 11) is 0. The van der Waals surface area contributed by atoms with Gasteiger partial charge in [-0.1, -0.05) is 40.9 Å². The molecule has 0 spiro atoms. The van der Waals surface area contributed by atoms with Gasteiger partial charge in [-0.15, -0.1) is 0 Å². The minimum absolute atomic E-state index is 0.122. The molecule has 0 saturated carbocycles. The Morgan fingerprint density at radius 3 is 2.52 bits per heavy atom. The van der Waals surface area contributed by atoms with Crippen LogP contribution in [0.1, 0.15) is 23.4 Å². The first-order valence-electron chi connectivity index (χ1n) is 8.30. The van der Waals surface area contributed by atoms with Gasteiger partial charge in [0.05, 0.1) is 34.8 Å². The van der Waals surface area contributed by atoms with Gasteiger partial charge in [0, 0.05) is 34.8 Å². The van der Waals surface area contributed by atoms with Gasteiger partial charge in [-0.3, -0.25) is 14.2 Å². The first kappa shape index (κ1) is 19.7. The van der Waals surface area contributed by atoms with E-state index < -0.39 is 0 Å². The van der Waals surface area contributed by atoms with Crippen LogP contribution in [-0.2, 0) is 17.9 Å². The molecule has 0 aliphatic heterocycles. The number of carbonyl (C=O) groups excluding carboxylic acids is 1. The number of benzene rings is 1. The van der Waals surface area contributed by atoms with Gasteiger partial charge in [-0.25, -0.2) is 0 Å². The maximum Gasteiger partial charge on any atom is 0.226 e. The lowest BCUT2D eigenvalue weighted by molar-refractivity contribution is -0.116. The summed E-state index contributed by atoms with van der Waals surface area (Å²) < 4.78 is 3.41. The van der Waals surface area contributed by atoms with Crippen molar-refractivity contribution in [3.63, 3.8) is 0 Å². The number of hydrogen-bond donors (Lipinski definition) is 1. The molecule has 0 unspecified atom stereocenters. The average Bonchev–Trinajstić information content (AvgIpc) is 3.14. The lowest BCUT2D eigenvalue weighted by Crippen LogP contribution is -2.16. The Hall–Kier alpha value is -2.02. The summed E-state index contributed by atoms with van der Waals surface area (Å²) in [5.41, 5.74) is 3.05. The van der Waals surface area contributed by atoms with Crippen LogP contribution in [0.2, 0.25) is 15.1 Å². The highest BCUT2D eigenvalue weighted by Crippen LogP contribution is 2.27. The summed E-state index contributed by atoms with van der Waals surface area (Å²) in [6, 6.07) is 5.38. The van der Waals surface area contributed by atoms with Crippen molar-refractivity contribution in [3.05, 3.63) is 62.6 Å². The van der Waals surface area contributed by atoms with Gasteiger partial charge >= 0.3 is 0 Å². The van der Waals surface area contributed by atoms with Crippen LogP contribution in [0.4, 0.5) is 5.69 Å². The molecular weight excluding hydrogens is 409 g/mol. The summed E-state index contributed by atoms with van der Waals surface area (Å²) in [6.07, 6.45) is 3.49. The number of nitrogens with zero attached hydrogens (tertiary/aromatic N) is 4. The lowest BCUT2D eigenvalue weighted by Gasteiger charge is -2.10. The molecule has 142 valence electrons. The lowest BCUT2D eigenvalue weighted by atomic mass is 10.2. The molecule has 0 atom stereocenters. The molecule has 0 fully saturated rings. The molecular formula is C18H18Cl3N5O. The van der Waals surface area contributed by atoms with E-state index >= 15 is 0 Å². The van der Waals surface area contributed by atoms with E-state index in [0.717, 1.165) is 17.0 Å². The van der Waals surface area contributed by atoms with Gasteiger partial charge in [0.2, 0.25) is 5.91 Å². The molecule has 0 radical (unpaired) electrons. The number of aromatic nitrogens is 4.